The molecule has 0 unspecified atom stereocenters. The second kappa shape index (κ2) is 6.10. The number of anilines is 1. The molecule has 0 fully saturated rings. The lowest BCUT2D eigenvalue weighted by Crippen LogP contribution is -2.34. The second-order valence-electron chi connectivity index (χ2n) is 3.73. The third-order valence-electron chi connectivity index (χ3n) is 2.43. The van der Waals surface area contributed by atoms with Crippen LogP contribution in [0.1, 0.15) is 18.1 Å². The van der Waals surface area contributed by atoms with Crippen molar-refractivity contribution in [3.05, 3.63) is 29.3 Å². The third-order valence-corrected chi connectivity index (χ3v) is 3.08. The largest absolute Gasteiger partial charge is 0.405 e. The molecule has 0 saturated heterocycles. The molecule has 0 radical (unpaired) electrons. The van der Waals surface area contributed by atoms with E-state index in [1.54, 1.807) is 25.1 Å². The standard InChI is InChI=1S/C12H12BrF3N2/c1-2-18(8-12(14,15)16)11-4-3-9(6-13)5-10(11)7-17/h3-5H,2,6,8H2,1H3. The van der Waals surface area contributed by atoms with Gasteiger partial charge in [0.15, 0.2) is 0 Å². The Morgan fingerprint density at radius 2 is 2.06 bits per heavy atom. The molecule has 18 heavy (non-hydrogen) atoms. The van der Waals surface area contributed by atoms with E-state index in [0.29, 0.717) is 11.0 Å². The van der Waals surface area contributed by atoms with Crippen LogP contribution in [0.3, 0.4) is 0 Å². The zero-order valence-corrected chi connectivity index (χ0v) is 11.3. The van der Waals surface area contributed by atoms with Crippen LogP contribution >= 0.6 is 15.9 Å². The van der Waals surface area contributed by atoms with Crippen LogP contribution in [0.5, 0.6) is 0 Å². The Labute approximate surface area is 112 Å². The average molecular weight is 321 g/mol. The molecular weight excluding hydrogens is 309 g/mol. The zero-order valence-electron chi connectivity index (χ0n) is 9.76. The van der Waals surface area contributed by atoms with Gasteiger partial charge in [-0.1, -0.05) is 22.0 Å². The van der Waals surface area contributed by atoms with Crippen LogP contribution in [0.15, 0.2) is 18.2 Å². The normalized spacial score (nSPS) is 11.1. The highest BCUT2D eigenvalue weighted by Gasteiger charge is 2.31. The van der Waals surface area contributed by atoms with Crippen molar-refractivity contribution in [1.82, 2.24) is 0 Å². The highest BCUT2D eigenvalue weighted by Crippen LogP contribution is 2.26. The van der Waals surface area contributed by atoms with Gasteiger partial charge < -0.3 is 4.90 Å². The maximum atomic E-state index is 12.4. The number of nitriles is 1. The molecule has 1 aromatic rings. The van der Waals surface area contributed by atoms with Gasteiger partial charge in [0.25, 0.3) is 0 Å². The molecule has 0 aliphatic carbocycles. The number of nitrogens with zero attached hydrogens (tertiary/aromatic N) is 2. The first-order chi connectivity index (χ1) is 8.41. The molecule has 0 heterocycles. The SMILES string of the molecule is CCN(CC(F)(F)F)c1ccc(CBr)cc1C#N. The Bertz CT molecular complexity index is 452. The van der Waals surface area contributed by atoms with Gasteiger partial charge in [-0.2, -0.15) is 18.4 Å². The Kier molecular flexibility index (Phi) is 5.03. The summed E-state index contributed by atoms with van der Waals surface area (Å²) >= 11 is 3.25. The van der Waals surface area contributed by atoms with Crippen LogP contribution < -0.4 is 4.90 Å². The van der Waals surface area contributed by atoms with E-state index in [-0.39, 0.29) is 12.1 Å². The molecule has 0 aliphatic heterocycles. The predicted octanol–water partition coefficient (Wildman–Crippen LogP) is 3.84. The summed E-state index contributed by atoms with van der Waals surface area (Å²) in [6, 6.07) is 6.81. The third kappa shape index (κ3) is 3.91. The maximum Gasteiger partial charge on any atom is 0.405 e. The van der Waals surface area contributed by atoms with E-state index in [1.807, 2.05) is 6.07 Å². The predicted molar refractivity (Wildman–Crippen MR) is 67.7 cm³/mol. The molecule has 0 N–H and O–H groups in total. The number of hydrogen-bond donors (Lipinski definition) is 0. The van der Waals surface area contributed by atoms with Crippen molar-refractivity contribution in [3.8, 4) is 6.07 Å². The first-order valence-electron chi connectivity index (χ1n) is 5.32. The minimum absolute atomic E-state index is 0.196. The Hall–Kier alpha value is -1.22. The molecule has 2 nitrogen and oxygen atoms in total. The first kappa shape index (κ1) is 14.8. The van der Waals surface area contributed by atoms with Crippen LogP contribution in [-0.2, 0) is 5.33 Å². The van der Waals surface area contributed by atoms with E-state index in [2.05, 4.69) is 15.9 Å². The minimum atomic E-state index is -4.28. The summed E-state index contributed by atoms with van der Waals surface area (Å²) in [5.74, 6) is 0. The van der Waals surface area contributed by atoms with Crippen molar-refractivity contribution >= 4 is 21.6 Å². The van der Waals surface area contributed by atoms with E-state index < -0.39 is 12.7 Å². The number of rotatable bonds is 4. The summed E-state index contributed by atoms with van der Waals surface area (Å²) in [6.07, 6.45) is -4.28. The fourth-order valence-corrected chi connectivity index (χ4v) is 1.96. The molecular formula is C12H12BrF3N2. The van der Waals surface area contributed by atoms with Crippen molar-refractivity contribution in [2.75, 3.05) is 18.0 Å². The minimum Gasteiger partial charge on any atom is -0.362 e. The molecule has 0 saturated carbocycles. The monoisotopic (exact) mass is 320 g/mol. The van der Waals surface area contributed by atoms with Gasteiger partial charge in [-0.15, -0.1) is 0 Å². The fraction of sp³-hybridized carbons (Fsp3) is 0.417. The molecule has 0 aromatic heterocycles. The van der Waals surface area contributed by atoms with Gasteiger partial charge in [-0.05, 0) is 24.6 Å². The summed E-state index contributed by atoms with van der Waals surface area (Å²) in [6.45, 7) is 0.777. The van der Waals surface area contributed by atoms with Crippen molar-refractivity contribution in [1.29, 1.82) is 5.26 Å². The molecule has 0 amide bonds. The van der Waals surface area contributed by atoms with Crippen LogP contribution in [0.25, 0.3) is 0 Å². The van der Waals surface area contributed by atoms with E-state index in [1.165, 1.54) is 0 Å². The molecule has 0 bridgehead atoms. The molecule has 98 valence electrons. The van der Waals surface area contributed by atoms with Crippen molar-refractivity contribution in [2.24, 2.45) is 0 Å². The van der Waals surface area contributed by atoms with E-state index in [4.69, 9.17) is 5.26 Å². The number of benzene rings is 1. The lowest BCUT2D eigenvalue weighted by molar-refractivity contribution is -0.119. The van der Waals surface area contributed by atoms with E-state index in [9.17, 15) is 13.2 Å². The summed E-state index contributed by atoms with van der Waals surface area (Å²) < 4.78 is 37.3. The van der Waals surface area contributed by atoms with Gasteiger partial charge >= 0.3 is 6.18 Å². The summed E-state index contributed by atoms with van der Waals surface area (Å²) in [5, 5.41) is 9.57. The Balaban J connectivity index is 3.10. The topological polar surface area (TPSA) is 27.0 Å². The van der Waals surface area contributed by atoms with Gasteiger partial charge in [0, 0.05) is 11.9 Å². The van der Waals surface area contributed by atoms with Gasteiger partial charge in [-0.25, -0.2) is 0 Å². The molecule has 1 rings (SSSR count). The lowest BCUT2D eigenvalue weighted by Gasteiger charge is -2.25. The summed E-state index contributed by atoms with van der Waals surface area (Å²) in [4.78, 5) is 1.15. The van der Waals surface area contributed by atoms with Crippen LogP contribution in [-0.4, -0.2) is 19.3 Å². The summed E-state index contributed by atoms with van der Waals surface area (Å²) in [5.41, 5.74) is 1.44. The number of halogens is 4. The smallest absolute Gasteiger partial charge is 0.362 e. The van der Waals surface area contributed by atoms with Crippen LogP contribution in [0, 0.1) is 11.3 Å². The fourth-order valence-electron chi connectivity index (χ4n) is 1.62. The van der Waals surface area contributed by atoms with E-state index >= 15 is 0 Å². The van der Waals surface area contributed by atoms with Gasteiger partial charge in [-0.3, -0.25) is 0 Å². The molecule has 6 heteroatoms. The Morgan fingerprint density at radius 1 is 1.39 bits per heavy atom. The average Bonchev–Trinajstić information content (AvgIpc) is 2.34. The van der Waals surface area contributed by atoms with Gasteiger partial charge in [0.1, 0.15) is 12.6 Å². The first-order valence-corrected chi connectivity index (χ1v) is 6.44. The van der Waals surface area contributed by atoms with Gasteiger partial charge in [0.05, 0.1) is 11.3 Å². The van der Waals surface area contributed by atoms with Crippen molar-refractivity contribution in [2.45, 2.75) is 18.4 Å². The lowest BCUT2D eigenvalue weighted by atomic mass is 10.1. The second-order valence-corrected chi connectivity index (χ2v) is 4.29. The molecule has 0 aliphatic rings. The van der Waals surface area contributed by atoms with Crippen LogP contribution in [0.2, 0.25) is 0 Å². The highest BCUT2D eigenvalue weighted by atomic mass is 79.9. The zero-order chi connectivity index (χ0) is 13.8. The molecule has 0 spiro atoms. The quantitative estimate of drug-likeness (QED) is 0.788. The number of alkyl halides is 4. The Morgan fingerprint density at radius 3 is 2.50 bits per heavy atom. The van der Waals surface area contributed by atoms with Crippen molar-refractivity contribution in [3.63, 3.8) is 0 Å². The molecule has 1 aromatic carbocycles. The van der Waals surface area contributed by atoms with Crippen molar-refractivity contribution < 1.29 is 13.2 Å². The highest BCUT2D eigenvalue weighted by molar-refractivity contribution is 9.08. The number of hydrogen-bond acceptors (Lipinski definition) is 2. The van der Waals surface area contributed by atoms with Gasteiger partial charge in [0.2, 0.25) is 0 Å². The van der Waals surface area contributed by atoms with Crippen LogP contribution in [0.4, 0.5) is 18.9 Å². The van der Waals surface area contributed by atoms with E-state index in [0.717, 1.165) is 10.5 Å². The summed E-state index contributed by atoms with van der Waals surface area (Å²) in [7, 11) is 0. The maximum absolute atomic E-state index is 12.4. The molecule has 0 atom stereocenters.